The van der Waals surface area contributed by atoms with Crippen LogP contribution in [0.5, 0.6) is 0 Å². The van der Waals surface area contributed by atoms with Crippen molar-refractivity contribution in [2.75, 3.05) is 11.9 Å². The summed E-state index contributed by atoms with van der Waals surface area (Å²) in [6, 6.07) is 9.09. The molecule has 0 bridgehead atoms. The van der Waals surface area contributed by atoms with Gasteiger partial charge in [-0.15, -0.1) is 0 Å². The summed E-state index contributed by atoms with van der Waals surface area (Å²) in [6.07, 6.45) is 0. The zero-order chi connectivity index (χ0) is 19.8. The predicted octanol–water partition coefficient (Wildman–Crippen LogP) is 3.54. The molecule has 0 unspecified atom stereocenters. The fourth-order valence-corrected chi connectivity index (χ4v) is 3.43. The van der Waals surface area contributed by atoms with E-state index in [-0.39, 0.29) is 10.7 Å². The van der Waals surface area contributed by atoms with Gasteiger partial charge in [-0.05, 0) is 37.3 Å². The second kappa shape index (κ2) is 7.17. The fraction of sp³-hybridized carbons (Fsp3) is 0.167. The van der Waals surface area contributed by atoms with Gasteiger partial charge in [0.2, 0.25) is 5.91 Å². The van der Waals surface area contributed by atoms with Crippen LogP contribution in [0.1, 0.15) is 12.5 Å². The minimum Gasteiger partial charge on any atom is -0.324 e. The summed E-state index contributed by atoms with van der Waals surface area (Å²) in [5, 5.41) is 5.59. The molecule has 9 heteroatoms. The van der Waals surface area contributed by atoms with Crippen LogP contribution in [0.4, 0.5) is 14.9 Å². The van der Waals surface area contributed by atoms with Gasteiger partial charge in [0.1, 0.15) is 17.9 Å². The van der Waals surface area contributed by atoms with Gasteiger partial charge in [-0.3, -0.25) is 14.5 Å². The van der Waals surface area contributed by atoms with Gasteiger partial charge in [0, 0.05) is 21.3 Å². The lowest BCUT2D eigenvalue weighted by Crippen LogP contribution is -2.42. The molecule has 4 amide bonds. The molecule has 0 saturated carbocycles. The number of halogens is 3. The zero-order valence-electron chi connectivity index (χ0n) is 14.1. The van der Waals surface area contributed by atoms with Crippen LogP contribution < -0.4 is 10.6 Å². The third-order valence-electron chi connectivity index (χ3n) is 4.15. The van der Waals surface area contributed by atoms with Gasteiger partial charge < -0.3 is 10.6 Å². The first kappa shape index (κ1) is 19.1. The molecule has 1 aliphatic rings. The molecule has 2 aromatic carbocycles. The number of carbonyl (C=O) groups is 3. The highest BCUT2D eigenvalue weighted by Crippen LogP contribution is 2.34. The van der Waals surface area contributed by atoms with Crippen molar-refractivity contribution >= 4 is 46.7 Å². The summed E-state index contributed by atoms with van der Waals surface area (Å²) in [5.41, 5.74) is -0.853. The minimum absolute atomic E-state index is 0.213. The number of hydrogen-bond donors (Lipinski definition) is 2. The number of benzene rings is 2. The smallest absolute Gasteiger partial charge is 0.324 e. The number of urea groups is 1. The van der Waals surface area contributed by atoms with E-state index in [2.05, 4.69) is 10.6 Å². The molecule has 1 atom stereocenters. The highest BCUT2D eigenvalue weighted by atomic mass is 35.5. The Balaban J connectivity index is 1.78. The number of nitrogens with zero attached hydrogens (tertiary/aromatic N) is 1. The number of nitrogens with one attached hydrogen (secondary N) is 2. The van der Waals surface area contributed by atoms with Crippen molar-refractivity contribution in [1.82, 2.24) is 10.2 Å². The summed E-state index contributed by atoms with van der Waals surface area (Å²) >= 11 is 12.0. The Hall–Kier alpha value is -2.64. The minimum atomic E-state index is -1.43. The summed E-state index contributed by atoms with van der Waals surface area (Å²) in [4.78, 5) is 38.1. The molecule has 2 N–H and O–H groups in total. The first-order valence-corrected chi connectivity index (χ1v) is 8.61. The molecule has 27 heavy (non-hydrogen) atoms. The monoisotopic (exact) mass is 409 g/mol. The fourth-order valence-electron chi connectivity index (χ4n) is 2.83. The van der Waals surface area contributed by atoms with E-state index in [1.54, 1.807) is 12.1 Å². The van der Waals surface area contributed by atoms with Crippen LogP contribution in [0.25, 0.3) is 0 Å². The maximum absolute atomic E-state index is 13.2. The topological polar surface area (TPSA) is 78.5 Å². The molecule has 1 heterocycles. The lowest BCUT2D eigenvalue weighted by atomic mass is 9.92. The number of imide groups is 1. The molecule has 6 nitrogen and oxygen atoms in total. The van der Waals surface area contributed by atoms with Crippen LogP contribution in [0.15, 0.2) is 42.5 Å². The van der Waals surface area contributed by atoms with E-state index in [4.69, 9.17) is 23.2 Å². The molecule has 0 aliphatic carbocycles. The molecule has 1 saturated heterocycles. The van der Waals surface area contributed by atoms with Gasteiger partial charge in [-0.25, -0.2) is 9.18 Å². The van der Waals surface area contributed by atoms with Gasteiger partial charge in [0.15, 0.2) is 0 Å². The molecular formula is C18H14Cl2FN3O3. The average molecular weight is 410 g/mol. The molecule has 1 aliphatic heterocycles. The summed E-state index contributed by atoms with van der Waals surface area (Å²) in [5.74, 6) is -1.80. The number of anilines is 1. The number of rotatable bonds is 4. The Morgan fingerprint density at radius 1 is 1.22 bits per heavy atom. The SMILES string of the molecule is C[C@@]1(c2ccc(Cl)cc2Cl)NC(=O)N(CC(=O)Nc2cccc(F)c2)C1=O. The van der Waals surface area contributed by atoms with Crippen LogP contribution in [0.3, 0.4) is 0 Å². The number of amides is 4. The molecule has 1 fully saturated rings. The van der Waals surface area contributed by atoms with Crippen molar-refractivity contribution in [1.29, 1.82) is 0 Å². The Labute approximate surface area is 164 Å². The van der Waals surface area contributed by atoms with E-state index in [0.717, 1.165) is 11.0 Å². The van der Waals surface area contributed by atoms with Crippen LogP contribution in [-0.4, -0.2) is 29.3 Å². The molecule has 0 spiro atoms. The van der Waals surface area contributed by atoms with Gasteiger partial charge >= 0.3 is 6.03 Å². The Bertz CT molecular complexity index is 953. The Morgan fingerprint density at radius 3 is 2.63 bits per heavy atom. The highest BCUT2D eigenvalue weighted by Gasteiger charge is 2.50. The first-order chi connectivity index (χ1) is 12.7. The van der Waals surface area contributed by atoms with E-state index >= 15 is 0 Å². The second-order valence-electron chi connectivity index (χ2n) is 6.13. The van der Waals surface area contributed by atoms with Gasteiger partial charge in [-0.2, -0.15) is 0 Å². The summed E-state index contributed by atoms with van der Waals surface area (Å²) in [7, 11) is 0. The number of carbonyl (C=O) groups excluding carboxylic acids is 3. The quantitative estimate of drug-likeness (QED) is 0.757. The van der Waals surface area contributed by atoms with Gasteiger partial charge in [0.05, 0.1) is 0 Å². The van der Waals surface area contributed by atoms with Crippen LogP contribution in [0, 0.1) is 5.82 Å². The Kier molecular flexibility index (Phi) is 5.08. The van der Waals surface area contributed by atoms with Crippen molar-refractivity contribution in [2.24, 2.45) is 0 Å². The highest BCUT2D eigenvalue weighted by molar-refractivity contribution is 6.35. The molecule has 2 aromatic rings. The predicted molar refractivity (Wildman–Crippen MR) is 99.1 cm³/mol. The van der Waals surface area contributed by atoms with E-state index in [1.165, 1.54) is 31.2 Å². The van der Waals surface area contributed by atoms with E-state index in [9.17, 15) is 18.8 Å². The van der Waals surface area contributed by atoms with Gasteiger partial charge in [0.25, 0.3) is 5.91 Å². The van der Waals surface area contributed by atoms with E-state index in [0.29, 0.717) is 10.6 Å². The third kappa shape index (κ3) is 3.74. The standard InChI is InChI=1S/C18H14Cl2FN3O3/c1-18(13-6-5-10(19)7-14(13)20)16(26)24(17(27)23-18)9-15(25)22-12-4-2-3-11(21)8-12/h2-8H,9H2,1H3,(H,22,25)(H,23,27)/t18-/m0/s1. The average Bonchev–Trinajstić information content (AvgIpc) is 2.78. The maximum atomic E-state index is 13.2. The van der Waals surface area contributed by atoms with E-state index < -0.39 is 35.7 Å². The number of hydrogen-bond acceptors (Lipinski definition) is 3. The first-order valence-electron chi connectivity index (χ1n) is 7.86. The zero-order valence-corrected chi connectivity index (χ0v) is 15.6. The van der Waals surface area contributed by atoms with Crippen molar-refractivity contribution in [3.05, 3.63) is 63.9 Å². The largest absolute Gasteiger partial charge is 0.325 e. The van der Waals surface area contributed by atoms with Crippen molar-refractivity contribution in [3.63, 3.8) is 0 Å². The lowest BCUT2D eigenvalue weighted by molar-refractivity contribution is -0.133. The van der Waals surface area contributed by atoms with Crippen molar-refractivity contribution in [2.45, 2.75) is 12.5 Å². The molecule has 0 aromatic heterocycles. The van der Waals surface area contributed by atoms with Crippen LogP contribution in [-0.2, 0) is 15.1 Å². The Morgan fingerprint density at radius 2 is 1.96 bits per heavy atom. The van der Waals surface area contributed by atoms with E-state index in [1.807, 2.05) is 0 Å². The van der Waals surface area contributed by atoms with Crippen LogP contribution >= 0.6 is 23.2 Å². The molecule has 3 rings (SSSR count). The third-order valence-corrected chi connectivity index (χ3v) is 4.70. The second-order valence-corrected chi connectivity index (χ2v) is 6.97. The molecule has 0 radical (unpaired) electrons. The summed E-state index contributed by atoms with van der Waals surface area (Å²) < 4.78 is 13.2. The van der Waals surface area contributed by atoms with Gasteiger partial charge in [-0.1, -0.05) is 35.3 Å². The summed E-state index contributed by atoms with van der Waals surface area (Å²) in [6.45, 7) is 0.967. The maximum Gasteiger partial charge on any atom is 0.325 e. The molecular weight excluding hydrogens is 396 g/mol. The van der Waals surface area contributed by atoms with Crippen molar-refractivity contribution < 1.29 is 18.8 Å². The lowest BCUT2D eigenvalue weighted by Gasteiger charge is -2.23. The van der Waals surface area contributed by atoms with Crippen LogP contribution in [0.2, 0.25) is 10.0 Å². The van der Waals surface area contributed by atoms with Crippen molar-refractivity contribution in [3.8, 4) is 0 Å². The normalized spacial score (nSPS) is 19.2. The molecule has 140 valence electrons.